The molecule has 0 bridgehead atoms. The van der Waals surface area contributed by atoms with E-state index in [9.17, 15) is 9.18 Å². The topological polar surface area (TPSA) is 46.9 Å². The highest BCUT2D eigenvalue weighted by Gasteiger charge is 2.22. The first kappa shape index (κ1) is 18.8. The summed E-state index contributed by atoms with van der Waals surface area (Å²) in [4.78, 5) is 12.6. The van der Waals surface area contributed by atoms with E-state index in [1.165, 1.54) is 18.2 Å². The van der Waals surface area contributed by atoms with Gasteiger partial charge in [-0.3, -0.25) is 4.79 Å². The van der Waals surface area contributed by atoms with E-state index < -0.39 is 5.82 Å². The SMILES string of the molecule is Cc1cccc(-n2nc(C(C)(C)C)cc2NC(=O)c2cccc(F)c2)c1C. The highest BCUT2D eigenvalue weighted by molar-refractivity contribution is 6.04. The van der Waals surface area contributed by atoms with Gasteiger partial charge in [0, 0.05) is 17.0 Å². The van der Waals surface area contributed by atoms with Crippen LogP contribution in [0.25, 0.3) is 5.69 Å². The largest absolute Gasteiger partial charge is 0.306 e. The van der Waals surface area contributed by atoms with Crippen LogP contribution in [0.3, 0.4) is 0 Å². The van der Waals surface area contributed by atoms with Crippen molar-refractivity contribution < 1.29 is 9.18 Å². The fourth-order valence-corrected chi connectivity index (χ4v) is 2.80. The Balaban J connectivity index is 2.07. The van der Waals surface area contributed by atoms with Crippen LogP contribution in [0, 0.1) is 19.7 Å². The Labute approximate surface area is 159 Å². The Morgan fingerprint density at radius 3 is 2.44 bits per heavy atom. The molecule has 4 nitrogen and oxygen atoms in total. The van der Waals surface area contributed by atoms with Gasteiger partial charge >= 0.3 is 0 Å². The lowest BCUT2D eigenvalue weighted by atomic mass is 9.92. The van der Waals surface area contributed by atoms with E-state index in [1.807, 2.05) is 38.1 Å². The molecule has 1 aromatic heterocycles. The zero-order valence-corrected chi connectivity index (χ0v) is 16.3. The molecule has 0 aliphatic rings. The third-order valence-electron chi connectivity index (χ3n) is 4.61. The minimum absolute atomic E-state index is 0.179. The molecule has 0 aliphatic carbocycles. The molecule has 1 N–H and O–H groups in total. The van der Waals surface area contributed by atoms with Crippen molar-refractivity contribution in [3.63, 3.8) is 0 Å². The van der Waals surface area contributed by atoms with Crippen molar-refractivity contribution in [1.82, 2.24) is 9.78 Å². The predicted octanol–water partition coefficient (Wildman–Crippen LogP) is 5.18. The van der Waals surface area contributed by atoms with Crippen molar-refractivity contribution in [2.75, 3.05) is 5.32 Å². The van der Waals surface area contributed by atoms with Crippen LogP contribution < -0.4 is 5.32 Å². The molecule has 27 heavy (non-hydrogen) atoms. The number of aromatic nitrogens is 2. The van der Waals surface area contributed by atoms with Gasteiger partial charge in [-0.25, -0.2) is 9.07 Å². The van der Waals surface area contributed by atoms with Gasteiger partial charge in [-0.2, -0.15) is 5.10 Å². The Morgan fingerprint density at radius 2 is 1.78 bits per heavy atom. The molecule has 2 aromatic carbocycles. The van der Waals surface area contributed by atoms with Crippen molar-refractivity contribution in [1.29, 1.82) is 0 Å². The number of benzene rings is 2. The summed E-state index contributed by atoms with van der Waals surface area (Å²) >= 11 is 0. The number of amides is 1. The van der Waals surface area contributed by atoms with E-state index in [-0.39, 0.29) is 16.9 Å². The summed E-state index contributed by atoms with van der Waals surface area (Å²) in [6.07, 6.45) is 0. The zero-order valence-electron chi connectivity index (χ0n) is 16.3. The Kier molecular flexibility index (Phi) is 4.87. The molecule has 0 saturated heterocycles. The van der Waals surface area contributed by atoms with E-state index in [0.29, 0.717) is 5.82 Å². The monoisotopic (exact) mass is 365 g/mol. The van der Waals surface area contributed by atoms with E-state index >= 15 is 0 Å². The second-order valence-corrected chi connectivity index (χ2v) is 7.76. The molecule has 0 aliphatic heterocycles. The molecule has 0 unspecified atom stereocenters. The highest BCUT2D eigenvalue weighted by atomic mass is 19.1. The Bertz CT molecular complexity index is 999. The minimum Gasteiger partial charge on any atom is -0.306 e. The van der Waals surface area contributed by atoms with Gasteiger partial charge in [0.2, 0.25) is 0 Å². The summed E-state index contributed by atoms with van der Waals surface area (Å²) in [5.41, 5.74) is 4.07. The molecule has 1 amide bonds. The standard InChI is InChI=1S/C22H24FN3O/c1-14-8-6-11-18(15(14)2)26-20(13-19(25-26)22(3,4)5)24-21(27)16-9-7-10-17(23)12-16/h6-13H,1-5H3,(H,24,27). The number of hydrogen-bond donors (Lipinski definition) is 1. The summed E-state index contributed by atoms with van der Waals surface area (Å²) in [7, 11) is 0. The van der Waals surface area contributed by atoms with Crippen LogP contribution in [0.1, 0.15) is 48.0 Å². The van der Waals surface area contributed by atoms with Crippen LogP contribution in [-0.4, -0.2) is 15.7 Å². The predicted molar refractivity (Wildman–Crippen MR) is 106 cm³/mol. The summed E-state index contributed by atoms with van der Waals surface area (Å²) < 4.78 is 15.2. The van der Waals surface area contributed by atoms with E-state index in [0.717, 1.165) is 22.5 Å². The van der Waals surface area contributed by atoms with E-state index in [1.54, 1.807) is 10.7 Å². The van der Waals surface area contributed by atoms with Crippen LogP contribution in [0.15, 0.2) is 48.5 Å². The summed E-state index contributed by atoms with van der Waals surface area (Å²) in [5.74, 6) is -0.259. The maximum absolute atomic E-state index is 13.5. The number of hydrogen-bond acceptors (Lipinski definition) is 2. The third kappa shape index (κ3) is 3.92. The molecule has 0 atom stereocenters. The number of anilines is 1. The first-order valence-corrected chi connectivity index (χ1v) is 8.91. The quantitative estimate of drug-likeness (QED) is 0.695. The average Bonchev–Trinajstić information content (AvgIpc) is 3.01. The Hall–Kier alpha value is -2.95. The Morgan fingerprint density at radius 1 is 1.07 bits per heavy atom. The lowest BCUT2D eigenvalue weighted by molar-refractivity contribution is 0.102. The summed E-state index contributed by atoms with van der Waals surface area (Å²) in [6.45, 7) is 10.3. The molecule has 3 aromatic rings. The normalized spacial score (nSPS) is 11.5. The third-order valence-corrected chi connectivity index (χ3v) is 4.61. The molecule has 3 rings (SSSR count). The number of rotatable bonds is 3. The first-order chi connectivity index (χ1) is 12.7. The number of nitrogens with one attached hydrogen (secondary N) is 1. The van der Waals surface area contributed by atoms with Crippen LogP contribution in [-0.2, 0) is 5.41 Å². The molecule has 0 fully saturated rings. The van der Waals surface area contributed by atoms with Crippen LogP contribution in [0.5, 0.6) is 0 Å². The fraction of sp³-hybridized carbons (Fsp3) is 0.273. The number of nitrogens with zero attached hydrogens (tertiary/aromatic N) is 2. The van der Waals surface area contributed by atoms with Gasteiger partial charge in [-0.1, -0.05) is 39.0 Å². The lowest BCUT2D eigenvalue weighted by Crippen LogP contribution is -2.16. The first-order valence-electron chi connectivity index (χ1n) is 8.91. The summed E-state index contributed by atoms with van der Waals surface area (Å²) in [5, 5.41) is 7.63. The average molecular weight is 365 g/mol. The summed E-state index contributed by atoms with van der Waals surface area (Å²) in [6, 6.07) is 13.5. The van der Waals surface area contributed by atoms with Crippen LogP contribution >= 0.6 is 0 Å². The second kappa shape index (κ2) is 6.99. The van der Waals surface area contributed by atoms with Crippen molar-refractivity contribution in [2.45, 2.75) is 40.0 Å². The van der Waals surface area contributed by atoms with E-state index in [4.69, 9.17) is 5.10 Å². The minimum atomic E-state index is -0.443. The van der Waals surface area contributed by atoms with Gasteiger partial charge in [0.25, 0.3) is 5.91 Å². The maximum Gasteiger partial charge on any atom is 0.256 e. The molecular formula is C22H24FN3O. The molecule has 0 saturated carbocycles. The molecule has 1 heterocycles. The zero-order chi connectivity index (χ0) is 19.8. The molecule has 0 spiro atoms. The van der Waals surface area contributed by atoms with Crippen LogP contribution in [0.2, 0.25) is 0 Å². The van der Waals surface area contributed by atoms with Gasteiger partial charge in [0.1, 0.15) is 11.6 Å². The molecular weight excluding hydrogens is 341 g/mol. The van der Waals surface area contributed by atoms with Gasteiger partial charge in [-0.15, -0.1) is 0 Å². The van der Waals surface area contributed by atoms with Crippen molar-refractivity contribution >= 4 is 11.7 Å². The van der Waals surface area contributed by atoms with Gasteiger partial charge in [0.15, 0.2) is 0 Å². The van der Waals surface area contributed by atoms with Crippen LogP contribution in [0.4, 0.5) is 10.2 Å². The van der Waals surface area contributed by atoms with Gasteiger partial charge < -0.3 is 5.32 Å². The fourth-order valence-electron chi connectivity index (χ4n) is 2.80. The smallest absolute Gasteiger partial charge is 0.256 e. The second-order valence-electron chi connectivity index (χ2n) is 7.76. The number of halogens is 1. The number of carbonyl (C=O) groups excluding carboxylic acids is 1. The molecule has 0 radical (unpaired) electrons. The van der Waals surface area contributed by atoms with Crippen molar-refractivity contribution in [3.05, 3.63) is 76.7 Å². The van der Waals surface area contributed by atoms with Crippen molar-refractivity contribution in [3.8, 4) is 5.69 Å². The molecule has 5 heteroatoms. The van der Waals surface area contributed by atoms with Gasteiger partial charge in [-0.05, 0) is 49.2 Å². The molecule has 140 valence electrons. The maximum atomic E-state index is 13.5. The number of carbonyl (C=O) groups is 1. The van der Waals surface area contributed by atoms with E-state index in [2.05, 4.69) is 26.1 Å². The lowest BCUT2D eigenvalue weighted by Gasteiger charge is -2.15. The highest BCUT2D eigenvalue weighted by Crippen LogP contribution is 2.28. The number of aryl methyl sites for hydroxylation is 1. The van der Waals surface area contributed by atoms with Gasteiger partial charge in [0.05, 0.1) is 11.4 Å². The van der Waals surface area contributed by atoms with Crippen molar-refractivity contribution in [2.24, 2.45) is 0 Å².